The van der Waals surface area contributed by atoms with Crippen molar-refractivity contribution in [3.63, 3.8) is 0 Å². The number of nitrogens with two attached hydrogens (primary N) is 1. The van der Waals surface area contributed by atoms with E-state index in [1.54, 1.807) is 0 Å². The van der Waals surface area contributed by atoms with Gasteiger partial charge in [-0.05, 0) is 30.5 Å². The van der Waals surface area contributed by atoms with Gasteiger partial charge in [-0.15, -0.1) is 24.0 Å². The van der Waals surface area contributed by atoms with E-state index in [9.17, 15) is 4.39 Å². The van der Waals surface area contributed by atoms with Crippen molar-refractivity contribution in [3.05, 3.63) is 35.1 Å². The van der Waals surface area contributed by atoms with Crippen LogP contribution >= 0.6 is 24.0 Å². The Morgan fingerprint density at radius 3 is 2.80 bits per heavy atom. The Labute approximate surface area is 136 Å². The lowest BCUT2D eigenvalue weighted by atomic mass is 10.1. The first-order valence-corrected chi connectivity index (χ1v) is 6.25. The number of halogens is 2. The van der Waals surface area contributed by atoms with E-state index in [1.165, 1.54) is 18.2 Å². The van der Waals surface area contributed by atoms with Crippen LogP contribution < -0.4 is 11.1 Å². The molecule has 0 spiro atoms. The molecular weight excluding hydrogens is 370 g/mol. The van der Waals surface area contributed by atoms with E-state index in [0.29, 0.717) is 23.0 Å². The molecule has 1 rings (SSSR count). The fourth-order valence-electron chi connectivity index (χ4n) is 1.48. The Kier molecular flexibility index (Phi) is 8.88. The molecule has 1 aromatic carbocycles. The maximum Gasteiger partial charge on any atom is 0.188 e. The molecule has 0 heterocycles. The molecule has 0 saturated heterocycles. The number of hydrogen-bond donors (Lipinski definition) is 2. The molecule has 0 fully saturated rings. The fourth-order valence-corrected chi connectivity index (χ4v) is 1.48. The highest BCUT2D eigenvalue weighted by molar-refractivity contribution is 14.0. The monoisotopic (exact) mass is 390 g/mol. The number of nitriles is 1. The zero-order chi connectivity index (χ0) is 14.3. The predicted molar refractivity (Wildman–Crippen MR) is 89.3 cm³/mol. The van der Waals surface area contributed by atoms with Crippen LogP contribution in [0.1, 0.15) is 31.4 Å². The maximum atomic E-state index is 13.5. The van der Waals surface area contributed by atoms with E-state index in [4.69, 9.17) is 11.0 Å². The zero-order valence-corrected chi connectivity index (χ0v) is 14.0. The normalized spacial score (nSPS) is 10.8. The van der Waals surface area contributed by atoms with Gasteiger partial charge in [0.05, 0.1) is 18.2 Å². The van der Waals surface area contributed by atoms with Crippen LogP contribution in [-0.4, -0.2) is 12.5 Å². The third-order valence-electron chi connectivity index (χ3n) is 2.62. The molecule has 20 heavy (non-hydrogen) atoms. The summed E-state index contributed by atoms with van der Waals surface area (Å²) in [7, 11) is 0. The number of hydrogen-bond acceptors (Lipinski definition) is 2. The highest BCUT2D eigenvalue weighted by Crippen LogP contribution is 2.11. The van der Waals surface area contributed by atoms with Gasteiger partial charge in [-0.2, -0.15) is 5.26 Å². The SMILES string of the molecule is CC(C)CCNC(N)=NCc1cc(C#N)ccc1F.I. The summed E-state index contributed by atoms with van der Waals surface area (Å²) >= 11 is 0. The van der Waals surface area contributed by atoms with E-state index in [-0.39, 0.29) is 36.3 Å². The van der Waals surface area contributed by atoms with Gasteiger partial charge in [0.2, 0.25) is 0 Å². The van der Waals surface area contributed by atoms with Crippen molar-refractivity contribution in [1.29, 1.82) is 5.26 Å². The third kappa shape index (κ3) is 6.70. The summed E-state index contributed by atoms with van der Waals surface area (Å²) in [6.07, 6.45) is 0.995. The molecule has 6 heteroatoms. The lowest BCUT2D eigenvalue weighted by molar-refractivity contribution is 0.576. The molecule has 4 nitrogen and oxygen atoms in total. The van der Waals surface area contributed by atoms with Crippen LogP contribution in [0.5, 0.6) is 0 Å². The highest BCUT2D eigenvalue weighted by Gasteiger charge is 2.03. The van der Waals surface area contributed by atoms with Crippen molar-refractivity contribution in [2.75, 3.05) is 6.54 Å². The molecule has 0 unspecified atom stereocenters. The van der Waals surface area contributed by atoms with Crippen molar-refractivity contribution in [2.24, 2.45) is 16.6 Å². The lowest BCUT2D eigenvalue weighted by Crippen LogP contribution is -2.32. The summed E-state index contributed by atoms with van der Waals surface area (Å²) in [5.41, 5.74) is 6.46. The summed E-state index contributed by atoms with van der Waals surface area (Å²) in [4.78, 5) is 4.06. The first-order chi connectivity index (χ1) is 9.02. The average Bonchev–Trinajstić information content (AvgIpc) is 2.37. The summed E-state index contributed by atoms with van der Waals surface area (Å²) in [6, 6.07) is 6.16. The first-order valence-electron chi connectivity index (χ1n) is 6.25. The standard InChI is InChI=1S/C14H19FN4.HI/c1-10(2)5-6-18-14(17)19-9-12-7-11(8-16)3-4-13(12)15;/h3-4,7,10H,5-6,9H2,1-2H3,(H3,17,18,19);1H. The molecule has 1 aromatic rings. The van der Waals surface area contributed by atoms with E-state index < -0.39 is 0 Å². The lowest BCUT2D eigenvalue weighted by Gasteiger charge is -2.07. The minimum absolute atomic E-state index is 0. The third-order valence-corrected chi connectivity index (χ3v) is 2.62. The van der Waals surface area contributed by atoms with Gasteiger partial charge in [-0.3, -0.25) is 0 Å². The van der Waals surface area contributed by atoms with Crippen LogP contribution in [0.3, 0.4) is 0 Å². The maximum absolute atomic E-state index is 13.5. The zero-order valence-electron chi connectivity index (χ0n) is 11.7. The molecule has 0 radical (unpaired) electrons. The van der Waals surface area contributed by atoms with Gasteiger partial charge in [0.1, 0.15) is 5.82 Å². The van der Waals surface area contributed by atoms with Gasteiger partial charge in [0.25, 0.3) is 0 Å². The van der Waals surface area contributed by atoms with Crippen molar-refractivity contribution in [1.82, 2.24) is 5.32 Å². The molecule has 0 aliphatic heterocycles. The Balaban J connectivity index is 0.00000361. The van der Waals surface area contributed by atoms with Crippen LogP contribution in [0.25, 0.3) is 0 Å². The smallest absolute Gasteiger partial charge is 0.188 e. The molecule has 0 saturated carbocycles. The van der Waals surface area contributed by atoms with Gasteiger partial charge in [0, 0.05) is 12.1 Å². The first kappa shape index (κ1) is 18.6. The second-order valence-corrected chi connectivity index (χ2v) is 4.73. The van der Waals surface area contributed by atoms with Crippen LogP contribution in [-0.2, 0) is 6.54 Å². The molecule has 0 amide bonds. The molecule has 0 aliphatic rings. The molecule has 3 N–H and O–H groups in total. The second-order valence-electron chi connectivity index (χ2n) is 4.73. The van der Waals surface area contributed by atoms with E-state index >= 15 is 0 Å². The molecule has 110 valence electrons. The van der Waals surface area contributed by atoms with Gasteiger partial charge in [-0.1, -0.05) is 13.8 Å². The number of benzene rings is 1. The minimum Gasteiger partial charge on any atom is -0.370 e. The van der Waals surface area contributed by atoms with Crippen LogP contribution in [0.15, 0.2) is 23.2 Å². The number of aliphatic imine (C=N–C) groups is 1. The van der Waals surface area contributed by atoms with Crippen LogP contribution in [0, 0.1) is 23.1 Å². The van der Waals surface area contributed by atoms with Gasteiger partial charge in [-0.25, -0.2) is 9.38 Å². The van der Waals surface area contributed by atoms with Gasteiger partial charge in [0.15, 0.2) is 5.96 Å². The summed E-state index contributed by atoms with van der Waals surface area (Å²) in [5, 5.41) is 11.7. The molecule has 0 bridgehead atoms. The van der Waals surface area contributed by atoms with Crippen LogP contribution in [0.4, 0.5) is 4.39 Å². The largest absolute Gasteiger partial charge is 0.370 e. The number of guanidine groups is 1. The quantitative estimate of drug-likeness (QED) is 0.461. The van der Waals surface area contributed by atoms with Crippen molar-refractivity contribution in [2.45, 2.75) is 26.8 Å². The average molecular weight is 390 g/mol. The Morgan fingerprint density at radius 2 is 2.20 bits per heavy atom. The van der Waals surface area contributed by atoms with Crippen molar-refractivity contribution < 1.29 is 4.39 Å². The number of nitrogens with one attached hydrogen (secondary N) is 1. The Bertz CT molecular complexity index is 494. The summed E-state index contributed by atoms with van der Waals surface area (Å²) in [5.74, 6) is 0.505. The van der Waals surface area contributed by atoms with E-state index in [0.717, 1.165) is 13.0 Å². The molecule has 0 atom stereocenters. The number of rotatable bonds is 5. The van der Waals surface area contributed by atoms with Crippen molar-refractivity contribution >= 4 is 29.9 Å². The van der Waals surface area contributed by atoms with E-state index in [2.05, 4.69) is 24.2 Å². The molecule has 0 aromatic heterocycles. The molecule has 0 aliphatic carbocycles. The second kappa shape index (κ2) is 9.53. The Hall–Kier alpha value is -1.36. The Morgan fingerprint density at radius 1 is 1.50 bits per heavy atom. The predicted octanol–water partition coefficient (Wildman–Crippen LogP) is 2.77. The van der Waals surface area contributed by atoms with E-state index in [1.807, 2.05) is 6.07 Å². The van der Waals surface area contributed by atoms with Gasteiger partial charge < -0.3 is 11.1 Å². The highest BCUT2D eigenvalue weighted by atomic mass is 127. The fraction of sp³-hybridized carbons (Fsp3) is 0.429. The topological polar surface area (TPSA) is 74.2 Å². The summed E-state index contributed by atoms with van der Waals surface area (Å²) < 4.78 is 13.5. The minimum atomic E-state index is -0.377. The summed E-state index contributed by atoms with van der Waals surface area (Å²) in [6.45, 7) is 5.12. The van der Waals surface area contributed by atoms with Crippen LogP contribution in [0.2, 0.25) is 0 Å². The van der Waals surface area contributed by atoms with Crippen molar-refractivity contribution in [3.8, 4) is 6.07 Å². The number of nitrogens with zero attached hydrogens (tertiary/aromatic N) is 2. The molecular formula is C14H20FIN4. The van der Waals surface area contributed by atoms with Gasteiger partial charge >= 0.3 is 0 Å².